The number of aryl methyl sites for hydroxylation is 1. The first kappa shape index (κ1) is 25.0. The fraction of sp³-hybridized carbons (Fsp3) is 0.565. The molecule has 1 aliphatic rings. The smallest absolute Gasteiger partial charge is 0.383 e. The minimum atomic E-state index is -4.60. The van der Waals surface area contributed by atoms with Crippen molar-refractivity contribution in [1.29, 1.82) is 0 Å². The van der Waals surface area contributed by atoms with E-state index in [1.807, 2.05) is 4.90 Å². The molecule has 10 heteroatoms. The van der Waals surface area contributed by atoms with Crippen LogP contribution in [0.3, 0.4) is 0 Å². The average molecular weight is 469 g/mol. The molecule has 1 aromatic heterocycles. The van der Waals surface area contributed by atoms with Gasteiger partial charge in [-0.25, -0.2) is 4.98 Å². The van der Waals surface area contributed by atoms with Crippen LogP contribution in [0.2, 0.25) is 0 Å². The number of alkyl halides is 3. The van der Waals surface area contributed by atoms with Crippen LogP contribution >= 0.6 is 0 Å². The predicted octanol–water partition coefficient (Wildman–Crippen LogP) is 3.56. The largest absolute Gasteiger partial charge is 0.417 e. The Hall–Kier alpha value is -2.59. The van der Waals surface area contributed by atoms with Gasteiger partial charge in [0, 0.05) is 52.7 Å². The van der Waals surface area contributed by atoms with Crippen molar-refractivity contribution >= 4 is 11.4 Å². The van der Waals surface area contributed by atoms with Crippen LogP contribution in [0, 0.1) is 6.92 Å². The van der Waals surface area contributed by atoms with Gasteiger partial charge in [-0.05, 0) is 38.5 Å². The molecule has 182 valence electrons. The van der Waals surface area contributed by atoms with E-state index in [9.17, 15) is 18.0 Å². The lowest BCUT2D eigenvalue weighted by Gasteiger charge is -2.28. The molecule has 1 fully saturated rings. The van der Waals surface area contributed by atoms with Gasteiger partial charge in [0.15, 0.2) is 0 Å². The lowest BCUT2D eigenvalue weighted by atomic mass is 10.0. The molecular weight excluding hydrogens is 437 g/mol. The minimum Gasteiger partial charge on any atom is -0.383 e. The Kier molecular flexibility index (Phi) is 7.38. The summed E-state index contributed by atoms with van der Waals surface area (Å²) < 4.78 is 54.1. The third-order valence-electron chi connectivity index (χ3n) is 6.06. The Balaban J connectivity index is 2.21. The molecule has 2 atom stereocenters. The van der Waals surface area contributed by atoms with E-state index in [4.69, 9.17) is 9.47 Å². The van der Waals surface area contributed by atoms with Crippen LogP contribution in [0.25, 0.3) is 11.4 Å². The van der Waals surface area contributed by atoms with E-state index in [-0.39, 0.29) is 35.6 Å². The van der Waals surface area contributed by atoms with Gasteiger partial charge in [-0.1, -0.05) is 0 Å². The number of ether oxygens (including phenoxy) is 2. The van der Waals surface area contributed by atoms with Gasteiger partial charge in [-0.2, -0.15) is 13.2 Å². The molecule has 33 heavy (non-hydrogen) atoms. The zero-order chi connectivity index (χ0) is 24.5. The van der Waals surface area contributed by atoms with Crippen LogP contribution in [-0.2, 0) is 22.2 Å². The molecule has 7 nitrogen and oxygen atoms in total. The highest BCUT2D eigenvalue weighted by Gasteiger charge is 2.38. The molecule has 1 saturated heterocycles. The second kappa shape index (κ2) is 9.72. The first-order valence-electron chi connectivity index (χ1n) is 10.8. The highest BCUT2D eigenvalue weighted by atomic mass is 19.4. The lowest BCUT2D eigenvalue weighted by molar-refractivity contribution is -0.137. The van der Waals surface area contributed by atoms with Gasteiger partial charge in [-0.3, -0.25) is 9.36 Å². The van der Waals surface area contributed by atoms with Gasteiger partial charge < -0.3 is 19.3 Å². The number of anilines is 2. The highest BCUT2D eigenvalue weighted by molar-refractivity contribution is 5.68. The summed E-state index contributed by atoms with van der Waals surface area (Å²) >= 11 is 0. The first-order chi connectivity index (χ1) is 15.5. The molecule has 2 aromatic rings. The summed E-state index contributed by atoms with van der Waals surface area (Å²) in [4.78, 5) is 21.6. The van der Waals surface area contributed by atoms with Crippen molar-refractivity contribution in [2.75, 3.05) is 51.3 Å². The van der Waals surface area contributed by atoms with Crippen LogP contribution in [0.15, 0.2) is 23.0 Å². The van der Waals surface area contributed by atoms with Crippen LogP contribution in [0.5, 0.6) is 0 Å². The van der Waals surface area contributed by atoms with Crippen molar-refractivity contribution in [2.24, 2.45) is 0 Å². The van der Waals surface area contributed by atoms with E-state index in [1.54, 1.807) is 53.1 Å². The SMILES string of the molecule is CCn1c(-c2ccc(N(C)C)cc2C(F)(F)F)nc(C)c(N2C[C@H](OC)C[C@H]2COC)c1=O. The average Bonchev–Trinajstić information content (AvgIpc) is 3.15. The quantitative estimate of drug-likeness (QED) is 0.619. The zero-order valence-corrected chi connectivity index (χ0v) is 19.9. The van der Waals surface area contributed by atoms with Crippen molar-refractivity contribution < 1.29 is 22.6 Å². The molecule has 0 saturated carbocycles. The summed E-state index contributed by atoms with van der Waals surface area (Å²) in [5, 5.41) is 0. The van der Waals surface area contributed by atoms with E-state index in [0.717, 1.165) is 6.07 Å². The Morgan fingerprint density at radius 1 is 1.24 bits per heavy atom. The number of benzene rings is 1. The van der Waals surface area contributed by atoms with E-state index in [0.29, 0.717) is 36.6 Å². The molecule has 0 bridgehead atoms. The summed E-state index contributed by atoms with van der Waals surface area (Å²) in [6, 6.07) is 3.98. The molecule has 1 aliphatic heterocycles. The van der Waals surface area contributed by atoms with Crippen LogP contribution in [0.1, 0.15) is 24.6 Å². The molecule has 0 N–H and O–H groups in total. The monoisotopic (exact) mass is 468 g/mol. The van der Waals surface area contributed by atoms with Crippen LogP contribution in [0.4, 0.5) is 24.5 Å². The van der Waals surface area contributed by atoms with Gasteiger partial charge >= 0.3 is 6.18 Å². The van der Waals surface area contributed by atoms with Crippen molar-refractivity contribution in [1.82, 2.24) is 9.55 Å². The summed E-state index contributed by atoms with van der Waals surface area (Å²) in [5.74, 6) is 0.00663. The number of nitrogens with zero attached hydrogens (tertiary/aromatic N) is 4. The van der Waals surface area contributed by atoms with E-state index in [1.165, 1.54) is 10.6 Å². The van der Waals surface area contributed by atoms with Gasteiger partial charge in [0.25, 0.3) is 5.56 Å². The fourth-order valence-corrected chi connectivity index (χ4v) is 4.39. The Labute approximate surface area is 191 Å². The summed E-state index contributed by atoms with van der Waals surface area (Å²) in [6.45, 7) is 4.44. The van der Waals surface area contributed by atoms with Gasteiger partial charge in [0.1, 0.15) is 11.5 Å². The molecule has 0 amide bonds. The molecule has 0 spiro atoms. The second-order valence-corrected chi connectivity index (χ2v) is 8.40. The minimum absolute atomic E-state index is 0.00663. The second-order valence-electron chi connectivity index (χ2n) is 8.40. The van der Waals surface area contributed by atoms with Crippen molar-refractivity contribution in [3.05, 3.63) is 39.8 Å². The normalized spacial score (nSPS) is 18.8. The standard InChI is InChI=1S/C23H31F3N4O3/c1-7-29-21(18-9-8-15(28(3)4)11-19(18)23(24,25)26)27-14(2)20(22(29)31)30-12-17(33-6)10-16(30)13-32-5/h8-9,11,16-17H,7,10,12-13H2,1-6H3/t16-,17+/m0/s1. The first-order valence-corrected chi connectivity index (χ1v) is 10.8. The van der Waals surface area contributed by atoms with Crippen molar-refractivity contribution in [3.8, 4) is 11.4 Å². The maximum Gasteiger partial charge on any atom is 0.417 e. The maximum absolute atomic E-state index is 14.0. The van der Waals surface area contributed by atoms with Crippen LogP contribution in [-0.4, -0.2) is 63.2 Å². The predicted molar refractivity (Wildman–Crippen MR) is 122 cm³/mol. The molecule has 1 aromatic carbocycles. The van der Waals surface area contributed by atoms with Crippen molar-refractivity contribution in [2.45, 2.75) is 45.1 Å². The number of aromatic nitrogens is 2. The maximum atomic E-state index is 14.0. The topological polar surface area (TPSA) is 59.8 Å². The molecule has 2 heterocycles. The third kappa shape index (κ3) is 4.86. The molecule has 0 unspecified atom stereocenters. The number of methoxy groups -OCH3 is 2. The van der Waals surface area contributed by atoms with E-state index < -0.39 is 11.7 Å². The van der Waals surface area contributed by atoms with Gasteiger partial charge in [0.05, 0.1) is 30.0 Å². The molecular formula is C23H31F3N4O3. The fourth-order valence-electron chi connectivity index (χ4n) is 4.39. The third-order valence-corrected chi connectivity index (χ3v) is 6.06. The van der Waals surface area contributed by atoms with Crippen molar-refractivity contribution in [3.63, 3.8) is 0 Å². The van der Waals surface area contributed by atoms with Gasteiger partial charge in [-0.15, -0.1) is 0 Å². The highest BCUT2D eigenvalue weighted by Crippen LogP contribution is 2.39. The number of hydrogen-bond donors (Lipinski definition) is 0. The Morgan fingerprint density at radius 2 is 1.94 bits per heavy atom. The van der Waals surface area contributed by atoms with E-state index >= 15 is 0 Å². The molecule has 3 rings (SSSR count). The van der Waals surface area contributed by atoms with Crippen LogP contribution < -0.4 is 15.4 Å². The summed E-state index contributed by atoms with van der Waals surface area (Å²) in [7, 11) is 6.56. The zero-order valence-electron chi connectivity index (χ0n) is 19.9. The Bertz CT molecular complexity index is 1050. The van der Waals surface area contributed by atoms with E-state index in [2.05, 4.69) is 4.98 Å². The lowest BCUT2D eigenvalue weighted by Crippen LogP contribution is -2.40. The molecule has 0 aliphatic carbocycles. The Morgan fingerprint density at radius 3 is 2.48 bits per heavy atom. The van der Waals surface area contributed by atoms with Gasteiger partial charge in [0.2, 0.25) is 0 Å². The molecule has 0 radical (unpaired) electrons. The number of rotatable bonds is 7. The number of halogens is 3. The number of hydrogen-bond acceptors (Lipinski definition) is 6. The summed E-state index contributed by atoms with van der Waals surface area (Å²) in [6.07, 6.45) is -4.00. The summed E-state index contributed by atoms with van der Waals surface area (Å²) in [5.41, 5.74) is -0.153.